The van der Waals surface area contributed by atoms with Crippen LogP contribution >= 0.6 is 15.9 Å². The lowest BCUT2D eigenvalue weighted by molar-refractivity contribution is 0.475. The van der Waals surface area contributed by atoms with E-state index in [1.54, 1.807) is 12.4 Å². The molecule has 0 atom stereocenters. The van der Waals surface area contributed by atoms with Crippen molar-refractivity contribution >= 4 is 27.7 Å². The SMILES string of the molecule is Cc1cc(C)c(C#N)c(N2CCC(N(C)c3ncc(Br)cn3)CC2)n1. The molecule has 7 heteroatoms. The molecule has 0 aromatic carbocycles. The molecule has 1 fully saturated rings. The Kier molecular flexibility index (Phi) is 5.19. The number of nitrogens with zero attached hydrogens (tertiary/aromatic N) is 6. The van der Waals surface area contributed by atoms with Gasteiger partial charge in [0, 0.05) is 44.3 Å². The fourth-order valence-corrected chi connectivity index (χ4v) is 3.50. The molecular formula is C18H21BrN6. The summed E-state index contributed by atoms with van der Waals surface area (Å²) in [5.41, 5.74) is 2.63. The first kappa shape index (κ1) is 17.6. The van der Waals surface area contributed by atoms with E-state index in [4.69, 9.17) is 0 Å². The molecule has 1 saturated heterocycles. The summed E-state index contributed by atoms with van der Waals surface area (Å²) >= 11 is 3.37. The predicted octanol–water partition coefficient (Wildman–Crippen LogP) is 3.23. The molecule has 0 aliphatic carbocycles. The van der Waals surface area contributed by atoms with Crippen molar-refractivity contribution in [1.82, 2.24) is 15.0 Å². The van der Waals surface area contributed by atoms with E-state index in [-0.39, 0.29) is 0 Å². The van der Waals surface area contributed by atoms with Crippen molar-refractivity contribution in [2.75, 3.05) is 29.9 Å². The van der Waals surface area contributed by atoms with Crippen LogP contribution < -0.4 is 9.80 Å². The standard InChI is InChI=1S/C18H21BrN6/c1-12-8-13(2)23-17(16(12)9-20)25-6-4-15(5-7-25)24(3)18-21-10-14(19)11-22-18/h8,10-11,15H,4-7H2,1-3H3. The number of hydrogen-bond donors (Lipinski definition) is 0. The topological polar surface area (TPSA) is 68.9 Å². The monoisotopic (exact) mass is 400 g/mol. The summed E-state index contributed by atoms with van der Waals surface area (Å²) in [6, 6.07) is 4.66. The third kappa shape index (κ3) is 3.74. The molecule has 0 spiro atoms. The van der Waals surface area contributed by atoms with Gasteiger partial charge in [0.05, 0.1) is 10.0 Å². The van der Waals surface area contributed by atoms with Crippen LogP contribution in [0.1, 0.15) is 29.7 Å². The summed E-state index contributed by atoms with van der Waals surface area (Å²) in [6.45, 7) is 5.69. The number of rotatable bonds is 3. The minimum Gasteiger partial charge on any atom is -0.355 e. The first-order valence-corrected chi connectivity index (χ1v) is 9.12. The maximum atomic E-state index is 9.49. The molecule has 6 nitrogen and oxygen atoms in total. The van der Waals surface area contributed by atoms with Gasteiger partial charge in [0.2, 0.25) is 5.95 Å². The minimum atomic E-state index is 0.383. The van der Waals surface area contributed by atoms with E-state index >= 15 is 0 Å². The molecule has 130 valence electrons. The number of halogens is 1. The molecule has 0 radical (unpaired) electrons. The van der Waals surface area contributed by atoms with Gasteiger partial charge in [-0.1, -0.05) is 0 Å². The Bertz CT molecular complexity index is 790. The highest BCUT2D eigenvalue weighted by Crippen LogP contribution is 2.27. The minimum absolute atomic E-state index is 0.383. The van der Waals surface area contributed by atoms with E-state index in [0.717, 1.165) is 53.4 Å². The Morgan fingerprint density at radius 1 is 1.24 bits per heavy atom. The lowest BCUT2D eigenvalue weighted by Crippen LogP contribution is -2.44. The molecular weight excluding hydrogens is 380 g/mol. The molecule has 0 amide bonds. The van der Waals surface area contributed by atoms with Crippen molar-refractivity contribution in [2.45, 2.75) is 32.7 Å². The quantitative estimate of drug-likeness (QED) is 0.787. The molecule has 1 aliphatic rings. The van der Waals surface area contributed by atoms with E-state index in [9.17, 15) is 5.26 Å². The van der Waals surface area contributed by atoms with Gasteiger partial charge in [0.1, 0.15) is 11.9 Å². The Labute approximate surface area is 156 Å². The Hall–Kier alpha value is -2.20. The highest BCUT2D eigenvalue weighted by molar-refractivity contribution is 9.10. The lowest BCUT2D eigenvalue weighted by atomic mass is 10.0. The van der Waals surface area contributed by atoms with Gasteiger partial charge in [0.25, 0.3) is 0 Å². The van der Waals surface area contributed by atoms with Crippen molar-refractivity contribution in [2.24, 2.45) is 0 Å². The zero-order chi connectivity index (χ0) is 18.0. The number of pyridine rings is 1. The highest BCUT2D eigenvalue weighted by Gasteiger charge is 2.26. The number of aromatic nitrogens is 3. The van der Waals surface area contributed by atoms with Crippen LogP contribution in [-0.2, 0) is 0 Å². The fraction of sp³-hybridized carbons (Fsp3) is 0.444. The van der Waals surface area contributed by atoms with Crippen molar-refractivity contribution in [3.05, 3.63) is 39.8 Å². The summed E-state index contributed by atoms with van der Waals surface area (Å²) in [5.74, 6) is 1.56. The number of nitriles is 1. The normalized spacial score (nSPS) is 15.1. The summed E-state index contributed by atoms with van der Waals surface area (Å²) in [7, 11) is 2.04. The highest BCUT2D eigenvalue weighted by atomic mass is 79.9. The zero-order valence-electron chi connectivity index (χ0n) is 14.7. The molecule has 0 unspecified atom stereocenters. The smallest absolute Gasteiger partial charge is 0.225 e. The van der Waals surface area contributed by atoms with Crippen molar-refractivity contribution in [3.63, 3.8) is 0 Å². The van der Waals surface area contributed by atoms with Gasteiger partial charge in [-0.05, 0) is 54.2 Å². The molecule has 1 aliphatic heterocycles. The second-order valence-corrected chi connectivity index (χ2v) is 7.34. The van der Waals surface area contributed by atoms with Crippen LogP contribution in [-0.4, -0.2) is 41.1 Å². The third-order valence-corrected chi connectivity index (χ3v) is 5.08. The van der Waals surface area contributed by atoms with E-state index in [1.807, 2.05) is 27.0 Å². The second kappa shape index (κ2) is 7.36. The molecule has 2 aromatic rings. The van der Waals surface area contributed by atoms with Crippen LogP contribution in [0.3, 0.4) is 0 Å². The lowest BCUT2D eigenvalue weighted by Gasteiger charge is -2.37. The number of piperidine rings is 1. The number of aryl methyl sites for hydroxylation is 2. The van der Waals surface area contributed by atoms with Crippen LogP contribution in [0.2, 0.25) is 0 Å². The fourth-order valence-electron chi connectivity index (χ4n) is 3.30. The number of hydrogen-bond acceptors (Lipinski definition) is 6. The zero-order valence-corrected chi connectivity index (χ0v) is 16.3. The summed E-state index contributed by atoms with van der Waals surface area (Å²) in [5, 5.41) is 9.49. The van der Waals surface area contributed by atoms with Crippen LogP contribution in [0.15, 0.2) is 22.9 Å². The first-order valence-electron chi connectivity index (χ1n) is 8.33. The van der Waals surface area contributed by atoms with E-state index in [2.05, 4.69) is 46.8 Å². The largest absolute Gasteiger partial charge is 0.355 e. The van der Waals surface area contributed by atoms with Crippen LogP contribution in [0, 0.1) is 25.2 Å². The first-order chi connectivity index (χ1) is 12.0. The van der Waals surface area contributed by atoms with Gasteiger partial charge in [-0.3, -0.25) is 0 Å². The summed E-state index contributed by atoms with van der Waals surface area (Å²) in [4.78, 5) is 17.8. The maximum Gasteiger partial charge on any atom is 0.225 e. The van der Waals surface area contributed by atoms with Crippen LogP contribution in [0.25, 0.3) is 0 Å². The predicted molar refractivity (Wildman–Crippen MR) is 102 cm³/mol. The van der Waals surface area contributed by atoms with Gasteiger partial charge in [-0.15, -0.1) is 0 Å². The van der Waals surface area contributed by atoms with E-state index in [1.165, 1.54) is 0 Å². The molecule has 3 heterocycles. The third-order valence-electron chi connectivity index (χ3n) is 4.67. The number of anilines is 2. The Morgan fingerprint density at radius 3 is 2.48 bits per heavy atom. The molecule has 0 N–H and O–H groups in total. The van der Waals surface area contributed by atoms with Crippen molar-refractivity contribution in [3.8, 4) is 6.07 Å². The van der Waals surface area contributed by atoms with Gasteiger partial charge in [-0.25, -0.2) is 15.0 Å². The molecule has 2 aromatic heterocycles. The van der Waals surface area contributed by atoms with E-state index < -0.39 is 0 Å². The van der Waals surface area contributed by atoms with Crippen molar-refractivity contribution < 1.29 is 0 Å². The summed E-state index contributed by atoms with van der Waals surface area (Å²) in [6.07, 6.45) is 5.50. The van der Waals surface area contributed by atoms with Gasteiger partial charge in [-0.2, -0.15) is 5.26 Å². The average molecular weight is 401 g/mol. The Balaban J connectivity index is 1.72. The van der Waals surface area contributed by atoms with E-state index in [0.29, 0.717) is 11.6 Å². The summed E-state index contributed by atoms with van der Waals surface area (Å²) < 4.78 is 0.879. The maximum absolute atomic E-state index is 9.49. The van der Waals surface area contributed by atoms with Crippen molar-refractivity contribution in [1.29, 1.82) is 5.26 Å². The molecule has 0 saturated carbocycles. The molecule has 25 heavy (non-hydrogen) atoms. The second-order valence-electron chi connectivity index (χ2n) is 6.42. The average Bonchev–Trinajstić information content (AvgIpc) is 2.61. The molecule has 3 rings (SSSR count). The van der Waals surface area contributed by atoms with Crippen LogP contribution in [0.5, 0.6) is 0 Å². The Morgan fingerprint density at radius 2 is 1.88 bits per heavy atom. The van der Waals surface area contributed by atoms with Crippen LogP contribution in [0.4, 0.5) is 11.8 Å². The van der Waals surface area contributed by atoms with Gasteiger partial charge in [0.15, 0.2) is 0 Å². The molecule has 0 bridgehead atoms. The van der Waals surface area contributed by atoms with Gasteiger partial charge >= 0.3 is 0 Å². The van der Waals surface area contributed by atoms with Gasteiger partial charge < -0.3 is 9.80 Å².